The molecular weight excluding hydrogens is 150 g/mol. The van der Waals surface area contributed by atoms with Gasteiger partial charge in [0.25, 0.3) is 0 Å². The molecule has 2 heteroatoms. The summed E-state index contributed by atoms with van der Waals surface area (Å²) in [6.45, 7) is 3.54. The molecule has 0 aliphatic heterocycles. The summed E-state index contributed by atoms with van der Waals surface area (Å²) in [4.78, 5) is 10.4. The summed E-state index contributed by atoms with van der Waals surface area (Å²) in [6, 6.07) is 8.71. The molecular formula is C10H7NO. The molecule has 0 radical (unpaired) electrons. The van der Waals surface area contributed by atoms with Crippen LogP contribution < -0.4 is 0 Å². The highest BCUT2D eigenvalue weighted by molar-refractivity contribution is 5.81. The molecule has 0 N–H and O–H groups in total. The van der Waals surface area contributed by atoms with E-state index >= 15 is 0 Å². The average Bonchev–Trinajstić information content (AvgIpc) is 2.17. The zero-order valence-electron chi connectivity index (χ0n) is 6.45. The lowest BCUT2D eigenvalue weighted by molar-refractivity contribution is 0.112. The minimum Gasteiger partial charge on any atom is -0.298 e. The molecule has 0 atom stereocenters. The van der Waals surface area contributed by atoms with E-state index in [0.717, 1.165) is 6.29 Å². The first-order chi connectivity index (χ1) is 5.77. The van der Waals surface area contributed by atoms with Gasteiger partial charge in [0.1, 0.15) is 6.29 Å². The van der Waals surface area contributed by atoms with Crippen LogP contribution in [0.5, 0.6) is 0 Å². The maximum Gasteiger partial charge on any atom is 0.150 e. The highest BCUT2D eigenvalue weighted by Gasteiger charge is 1.97. The van der Waals surface area contributed by atoms with Gasteiger partial charge in [-0.2, -0.15) is 5.26 Å². The van der Waals surface area contributed by atoms with Gasteiger partial charge in [-0.3, -0.25) is 4.79 Å². The molecule has 1 aromatic carbocycles. The fraction of sp³-hybridized carbons (Fsp3) is 0. The summed E-state index contributed by atoms with van der Waals surface area (Å²) < 4.78 is 0. The third-order valence-electron chi connectivity index (χ3n) is 1.51. The van der Waals surface area contributed by atoms with Crippen molar-refractivity contribution in [3.63, 3.8) is 0 Å². The molecule has 0 unspecified atom stereocenters. The average molecular weight is 157 g/mol. The Morgan fingerprint density at radius 1 is 1.58 bits per heavy atom. The Balaban J connectivity index is 3.11. The SMILES string of the molecule is C=C(C#N)c1cccc(C=O)c1. The van der Waals surface area contributed by atoms with E-state index in [-0.39, 0.29) is 0 Å². The van der Waals surface area contributed by atoms with Gasteiger partial charge in [0.15, 0.2) is 0 Å². The van der Waals surface area contributed by atoms with Crippen LogP contribution in [0.25, 0.3) is 5.57 Å². The summed E-state index contributed by atoms with van der Waals surface area (Å²) >= 11 is 0. The Kier molecular flexibility index (Phi) is 2.39. The number of carbonyl (C=O) groups is 1. The molecule has 12 heavy (non-hydrogen) atoms. The molecule has 1 rings (SSSR count). The molecule has 2 nitrogen and oxygen atoms in total. The van der Waals surface area contributed by atoms with Crippen LogP contribution in [0, 0.1) is 11.3 Å². The highest BCUT2D eigenvalue weighted by Crippen LogP contribution is 2.11. The van der Waals surface area contributed by atoms with Crippen molar-refractivity contribution in [3.05, 3.63) is 42.0 Å². The summed E-state index contributed by atoms with van der Waals surface area (Å²) in [5, 5.41) is 8.51. The van der Waals surface area contributed by atoms with E-state index in [1.54, 1.807) is 24.3 Å². The van der Waals surface area contributed by atoms with Crippen molar-refractivity contribution in [3.8, 4) is 6.07 Å². The second-order valence-corrected chi connectivity index (χ2v) is 2.33. The first kappa shape index (κ1) is 8.22. The van der Waals surface area contributed by atoms with E-state index in [2.05, 4.69) is 6.58 Å². The highest BCUT2D eigenvalue weighted by atomic mass is 16.1. The molecule has 0 heterocycles. The normalized spacial score (nSPS) is 8.58. The molecule has 0 saturated heterocycles. The van der Waals surface area contributed by atoms with E-state index in [1.165, 1.54) is 0 Å². The molecule has 0 aliphatic rings. The zero-order valence-corrected chi connectivity index (χ0v) is 6.45. The van der Waals surface area contributed by atoms with Crippen LogP contribution in [0.4, 0.5) is 0 Å². The molecule has 0 fully saturated rings. The Morgan fingerprint density at radius 2 is 2.33 bits per heavy atom. The van der Waals surface area contributed by atoms with Crippen molar-refractivity contribution < 1.29 is 4.79 Å². The zero-order chi connectivity index (χ0) is 8.97. The fourth-order valence-corrected chi connectivity index (χ4v) is 0.864. The first-order valence-corrected chi connectivity index (χ1v) is 3.42. The smallest absolute Gasteiger partial charge is 0.150 e. The van der Waals surface area contributed by atoms with Crippen molar-refractivity contribution in [1.82, 2.24) is 0 Å². The van der Waals surface area contributed by atoms with Crippen LogP contribution in [-0.4, -0.2) is 6.29 Å². The van der Waals surface area contributed by atoms with Crippen molar-refractivity contribution in [1.29, 1.82) is 5.26 Å². The van der Waals surface area contributed by atoms with Gasteiger partial charge in [-0.05, 0) is 11.6 Å². The van der Waals surface area contributed by atoms with Gasteiger partial charge in [0, 0.05) is 5.56 Å². The maximum absolute atomic E-state index is 10.4. The topological polar surface area (TPSA) is 40.9 Å². The maximum atomic E-state index is 10.4. The van der Waals surface area contributed by atoms with Gasteiger partial charge >= 0.3 is 0 Å². The lowest BCUT2D eigenvalue weighted by Gasteiger charge is -1.96. The van der Waals surface area contributed by atoms with Crippen LogP contribution in [0.3, 0.4) is 0 Å². The van der Waals surface area contributed by atoms with Crippen LogP contribution in [0.15, 0.2) is 30.8 Å². The Bertz CT molecular complexity index is 360. The summed E-state index contributed by atoms with van der Waals surface area (Å²) in [5.74, 6) is 0. The standard InChI is InChI=1S/C10H7NO/c1-8(6-11)10-4-2-3-9(5-10)7-12/h2-5,7H,1H2. The number of allylic oxidation sites excluding steroid dienone is 1. The summed E-state index contributed by atoms with van der Waals surface area (Å²) in [5.41, 5.74) is 1.63. The van der Waals surface area contributed by atoms with Crippen molar-refractivity contribution in [2.75, 3.05) is 0 Å². The van der Waals surface area contributed by atoms with Gasteiger partial charge in [0.05, 0.1) is 11.6 Å². The Hall–Kier alpha value is -1.88. The molecule has 0 aliphatic carbocycles. The second-order valence-electron chi connectivity index (χ2n) is 2.33. The monoisotopic (exact) mass is 157 g/mol. The number of hydrogen-bond donors (Lipinski definition) is 0. The third kappa shape index (κ3) is 1.58. The predicted molar refractivity (Wildman–Crippen MR) is 46.5 cm³/mol. The number of hydrogen-bond acceptors (Lipinski definition) is 2. The fourth-order valence-electron chi connectivity index (χ4n) is 0.864. The minimum atomic E-state index is 0.374. The van der Waals surface area contributed by atoms with Crippen molar-refractivity contribution >= 4 is 11.9 Å². The quantitative estimate of drug-likeness (QED) is 0.487. The molecule has 1 aromatic rings. The number of rotatable bonds is 2. The van der Waals surface area contributed by atoms with Crippen LogP contribution in [0.2, 0.25) is 0 Å². The largest absolute Gasteiger partial charge is 0.298 e. The van der Waals surface area contributed by atoms with E-state index in [9.17, 15) is 4.79 Å². The molecule has 0 aromatic heterocycles. The van der Waals surface area contributed by atoms with E-state index in [4.69, 9.17) is 5.26 Å². The van der Waals surface area contributed by atoms with Gasteiger partial charge in [-0.15, -0.1) is 0 Å². The van der Waals surface area contributed by atoms with Gasteiger partial charge < -0.3 is 0 Å². The van der Waals surface area contributed by atoms with Crippen molar-refractivity contribution in [2.45, 2.75) is 0 Å². The Morgan fingerprint density at radius 3 is 2.92 bits per heavy atom. The van der Waals surface area contributed by atoms with E-state index in [0.29, 0.717) is 16.7 Å². The predicted octanol–water partition coefficient (Wildman–Crippen LogP) is 2.04. The number of nitriles is 1. The second kappa shape index (κ2) is 3.49. The summed E-state index contributed by atoms with van der Waals surface area (Å²) in [6.07, 6.45) is 0.744. The molecule has 58 valence electrons. The van der Waals surface area contributed by atoms with Gasteiger partial charge in [-0.25, -0.2) is 0 Å². The van der Waals surface area contributed by atoms with Gasteiger partial charge in [0.2, 0.25) is 0 Å². The molecule has 0 amide bonds. The number of benzene rings is 1. The van der Waals surface area contributed by atoms with Crippen molar-refractivity contribution in [2.24, 2.45) is 0 Å². The lowest BCUT2D eigenvalue weighted by Crippen LogP contribution is -1.83. The number of aldehydes is 1. The molecule has 0 spiro atoms. The first-order valence-electron chi connectivity index (χ1n) is 3.42. The van der Waals surface area contributed by atoms with Gasteiger partial charge in [-0.1, -0.05) is 24.8 Å². The van der Waals surface area contributed by atoms with Crippen LogP contribution in [0.1, 0.15) is 15.9 Å². The number of carbonyl (C=O) groups excluding carboxylic acids is 1. The summed E-state index contributed by atoms with van der Waals surface area (Å²) in [7, 11) is 0. The van der Waals surface area contributed by atoms with Crippen LogP contribution in [-0.2, 0) is 0 Å². The lowest BCUT2D eigenvalue weighted by atomic mass is 10.1. The minimum absolute atomic E-state index is 0.374. The number of nitrogens with zero attached hydrogens (tertiary/aromatic N) is 1. The van der Waals surface area contributed by atoms with Crippen LogP contribution >= 0.6 is 0 Å². The third-order valence-corrected chi connectivity index (χ3v) is 1.51. The van der Waals surface area contributed by atoms with E-state index < -0.39 is 0 Å². The van der Waals surface area contributed by atoms with E-state index in [1.807, 2.05) is 6.07 Å². The Labute approximate surface area is 70.8 Å². The molecule has 0 bridgehead atoms. The molecule has 0 saturated carbocycles.